The van der Waals surface area contributed by atoms with Gasteiger partial charge in [0.05, 0.1) is 0 Å². The van der Waals surface area contributed by atoms with Gasteiger partial charge in [-0.15, -0.1) is 0 Å². The van der Waals surface area contributed by atoms with Crippen LogP contribution in [0, 0.1) is 0 Å². The molecule has 24 heavy (non-hydrogen) atoms. The SMILES string of the molecule is CC(C)(C)OC(=O)N[C@@H](Cc1ccc(N)c2ccccc12)C(=O)O. The van der Waals surface area contributed by atoms with Gasteiger partial charge >= 0.3 is 12.1 Å². The molecule has 6 heteroatoms. The van der Waals surface area contributed by atoms with Crippen LogP contribution in [0.1, 0.15) is 26.3 Å². The fourth-order valence-electron chi connectivity index (χ4n) is 2.43. The third kappa shape index (κ3) is 4.38. The number of carboxylic acid groups (broad SMARTS) is 1. The molecule has 2 aromatic rings. The van der Waals surface area contributed by atoms with Gasteiger partial charge in [0.15, 0.2) is 0 Å². The number of carbonyl (C=O) groups excluding carboxylic acids is 1. The van der Waals surface area contributed by atoms with Crippen LogP contribution in [0.15, 0.2) is 36.4 Å². The lowest BCUT2D eigenvalue weighted by atomic mass is 9.98. The maximum absolute atomic E-state index is 11.9. The minimum atomic E-state index is -1.12. The highest BCUT2D eigenvalue weighted by molar-refractivity contribution is 5.95. The predicted molar refractivity (Wildman–Crippen MR) is 92.9 cm³/mol. The lowest BCUT2D eigenvalue weighted by molar-refractivity contribution is -0.139. The highest BCUT2D eigenvalue weighted by Crippen LogP contribution is 2.25. The molecule has 0 unspecified atom stereocenters. The number of hydrogen-bond acceptors (Lipinski definition) is 4. The maximum atomic E-state index is 11.9. The van der Waals surface area contributed by atoms with E-state index in [1.165, 1.54) is 0 Å². The Kier molecular flexibility index (Phi) is 4.97. The summed E-state index contributed by atoms with van der Waals surface area (Å²) in [5.74, 6) is -1.12. The quantitative estimate of drug-likeness (QED) is 0.748. The maximum Gasteiger partial charge on any atom is 0.408 e. The van der Waals surface area contributed by atoms with Gasteiger partial charge in [0.1, 0.15) is 11.6 Å². The molecule has 0 aliphatic carbocycles. The number of aliphatic carboxylic acids is 1. The Hall–Kier alpha value is -2.76. The minimum Gasteiger partial charge on any atom is -0.480 e. The van der Waals surface area contributed by atoms with Crippen molar-refractivity contribution in [2.45, 2.75) is 38.8 Å². The van der Waals surface area contributed by atoms with E-state index in [4.69, 9.17) is 10.5 Å². The normalized spacial score (nSPS) is 12.6. The smallest absolute Gasteiger partial charge is 0.408 e. The van der Waals surface area contributed by atoms with Crippen molar-refractivity contribution >= 4 is 28.5 Å². The third-order valence-corrected chi connectivity index (χ3v) is 3.46. The van der Waals surface area contributed by atoms with Crippen LogP contribution in [0.25, 0.3) is 10.8 Å². The van der Waals surface area contributed by atoms with Gasteiger partial charge in [-0.3, -0.25) is 0 Å². The second kappa shape index (κ2) is 6.78. The molecule has 0 fully saturated rings. The summed E-state index contributed by atoms with van der Waals surface area (Å²) in [4.78, 5) is 23.4. The summed E-state index contributed by atoms with van der Waals surface area (Å²) in [7, 11) is 0. The van der Waals surface area contributed by atoms with E-state index in [1.807, 2.05) is 24.3 Å². The molecule has 1 atom stereocenters. The number of carboxylic acids is 1. The molecule has 128 valence electrons. The van der Waals surface area contributed by atoms with Crippen LogP contribution in [-0.4, -0.2) is 28.8 Å². The summed E-state index contributed by atoms with van der Waals surface area (Å²) in [6.45, 7) is 5.15. The first kappa shape index (κ1) is 17.6. The average Bonchev–Trinajstić information content (AvgIpc) is 2.47. The van der Waals surface area contributed by atoms with Crippen LogP contribution in [0.4, 0.5) is 10.5 Å². The molecular weight excluding hydrogens is 308 g/mol. The van der Waals surface area contributed by atoms with E-state index in [2.05, 4.69) is 5.32 Å². The van der Waals surface area contributed by atoms with Crippen LogP contribution in [0.5, 0.6) is 0 Å². The Morgan fingerprint density at radius 3 is 2.38 bits per heavy atom. The van der Waals surface area contributed by atoms with E-state index in [-0.39, 0.29) is 6.42 Å². The monoisotopic (exact) mass is 330 g/mol. The molecule has 0 aliphatic rings. The Morgan fingerprint density at radius 1 is 1.17 bits per heavy atom. The molecule has 2 aromatic carbocycles. The van der Waals surface area contributed by atoms with Crippen molar-refractivity contribution in [2.75, 3.05) is 5.73 Å². The van der Waals surface area contributed by atoms with Crippen molar-refractivity contribution in [3.63, 3.8) is 0 Å². The van der Waals surface area contributed by atoms with Gasteiger partial charge in [-0.1, -0.05) is 30.3 Å². The number of rotatable bonds is 4. The summed E-state index contributed by atoms with van der Waals surface area (Å²) in [6, 6.07) is 9.93. The summed E-state index contributed by atoms with van der Waals surface area (Å²) < 4.78 is 5.13. The first-order valence-electron chi connectivity index (χ1n) is 7.66. The number of anilines is 1. The van der Waals surface area contributed by atoms with E-state index >= 15 is 0 Å². The van der Waals surface area contributed by atoms with Gasteiger partial charge in [0.2, 0.25) is 0 Å². The lowest BCUT2D eigenvalue weighted by Gasteiger charge is -2.22. The van der Waals surface area contributed by atoms with Crippen LogP contribution in [0.2, 0.25) is 0 Å². The highest BCUT2D eigenvalue weighted by Gasteiger charge is 2.24. The minimum absolute atomic E-state index is 0.134. The number of nitrogens with two attached hydrogens (primary N) is 1. The number of benzene rings is 2. The number of carbonyl (C=O) groups is 2. The molecule has 6 nitrogen and oxygen atoms in total. The van der Waals surface area contributed by atoms with E-state index in [1.54, 1.807) is 32.9 Å². The molecule has 0 radical (unpaired) electrons. The number of nitrogens with one attached hydrogen (secondary N) is 1. The Bertz CT molecular complexity index is 765. The number of ether oxygens (including phenoxy) is 1. The molecule has 0 saturated carbocycles. The van der Waals surface area contributed by atoms with Gasteiger partial charge < -0.3 is 20.9 Å². The Labute approximate surface area is 140 Å². The zero-order chi connectivity index (χ0) is 17.9. The van der Waals surface area contributed by atoms with Crippen molar-refractivity contribution in [1.29, 1.82) is 0 Å². The van der Waals surface area contributed by atoms with Gasteiger partial charge in [0.25, 0.3) is 0 Å². The molecule has 0 heterocycles. The molecule has 0 saturated heterocycles. The molecule has 4 N–H and O–H groups in total. The van der Waals surface area contributed by atoms with Crippen molar-refractivity contribution in [1.82, 2.24) is 5.32 Å². The number of alkyl carbamates (subject to hydrolysis) is 1. The second-order valence-corrected chi connectivity index (χ2v) is 6.60. The first-order chi connectivity index (χ1) is 11.2. The summed E-state index contributed by atoms with van der Waals surface area (Å²) in [5, 5.41) is 13.6. The van der Waals surface area contributed by atoms with Crippen LogP contribution >= 0.6 is 0 Å². The number of amides is 1. The van der Waals surface area contributed by atoms with Crippen molar-refractivity contribution in [3.05, 3.63) is 42.0 Å². The highest BCUT2D eigenvalue weighted by atomic mass is 16.6. The van der Waals surface area contributed by atoms with E-state index in [0.29, 0.717) is 5.69 Å². The van der Waals surface area contributed by atoms with Crippen LogP contribution in [0.3, 0.4) is 0 Å². The fraction of sp³-hybridized carbons (Fsp3) is 0.333. The van der Waals surface area contributed by atoms with Crippen LogP contribution in [-0.2, 0) is 16.0 Å². The zero-order valence-corrected chi connectivity index (χ0v) is 14.0. The van der Waals surface area contributed by atoms with E-state index in [0.717, 1.165) is 16.3 Å². The number of fused-ring (bicyclic) bond motifs is 1. The molecule has 0 bridgehead atoms. The molecule has 1 amide bonds. The number of nitrogen functional groups attached to an aromatic ring is 1. The predicted octanol–water partition coefficient (Wildman–Crippen LogP) is 2.94. The fourth-order valence-corrected chi connectivity index (χ4v) is 2.43. The molecule has 0 aliphatic heterocycles. The number of hydrogen-bond donors (Lipinski definition) is 3. The molecule has 0 spiro atoms. The van der Waals surface area contributed by atoms with Gasteiger partial charge in [0, 0.05) is 17.5 Å². The molecule has 2 rings (SSSR count). The van der Waals surface area contributed by atoms with Crippen molar-refractivity contribution in [3.8, 4) is 0 Å². The van der Waals surface area contributed by atoms with Crippen LogP contribution < -0.4 is 11.1 Å². The van der Waals surface area contributed by atoms with Crippen molar-refractivity contribution < 1.29 is 19.4 Å². The average molecular weight is 330 g/mol. The molecule has 0 aromatic heterocycles. The Balaban J connectivity index is 2.24. The standard InChI is InChI=1S/C18H22N2O4/c1-18(2,3)24-17(23)20-15(16(21)22)10-11-8-9-14(19)13-7-5-4-6-12(11)13/h4-9,15H,10,19H2,1-3H3,(H,20,23)(H,21,22)/t15-/m0/s1. The largest absolute Gasteiger partial charge is 0.480 e. The van der Waals surface area contributed by atoms with Crippen molar-refractivity contribution in [2.24, 2.45) is 0 Å². The summed E-state index contributed by atoms with van der Waals surface area (Å²) in [5.41, 5.74) is 6.69. The van der Waals surface area contributed by atoms with Gasteiger partial charge in [-0.05, 0) is 37.8 Å². The van der Waals surface area contributed by atoms with E-state index < -0.39 is 23.7 Å². The van der Waals surface area contributed by atoms with Gasteiger partial charge in [-0.25, -0.2) is 9.59 Å². The molecular formula is C18H22N2O4. The Morgan fingerprint density at radius 2 is 1.79 bits per heavy atom. The lowest BCUT2D eigenvalue weighted by Crippen LogP contribution is -2.44. The summed E-state index contributed by atoms with van der Waals surface area (Å²) >= 11 is 0. The first-order valence-corrected chi connectivity index (χ1v) is 7.66. The van der Waals surface area contributed by atoms with E-state index in [9.17, 15) is 14.7 Å². The zero-order valence-electron chi connectivity index (χ0n) is 14.0. The van der Waals surface area contributed by atoms with Gasteiger partial charge in [-0.2, -0.15) is 0 Å². The third-order valence-electron chi connectivity index (χ3n) is 3.46. The summed E-state index contributed by atoms with van der Waals surface area (Å²) in [6.07, 6.45) is -0.621. The second-order valence-electron chi connectivity index (χ2n) is 6.60. The topological polar surface area (TPSA) is 102 Å².